The Balaban J connectivity index is 2.01. The van der Waals surface area contributed by atoms with Crippen LogP contribution in [0.1, 0.15) is 28.1 Å². The van der Waals surface area contributed by atoms with Gasteiger partial charge < -0.3 is 0 Å². The van der Waals surface area contributed by atoms with Crippen molar-refractivity contribution in [3.63, 3.8) is 0 Å². The van der Waals surface area contributed by atoms with Crippen LogP contribution >= 0.6 is 23.2 Å². The summed E-state index contributed by atoms with van der Waals surface area (Å²) in [5.41, 5.74) is 6.59. The lowest BCUT2D eigenvalue weighted by Gasteiger charge is -2.09. The molecule has 0 spiro atoms. The van der Waals surface area contributed by atoms with Crippen LogP contribution in [0.25, 0.3) is 11.1 Å². The summed E-state index contributed by atoms with van der Waals surface area (Å²) >= 11 is 12.5. The van der Waals surface area contributed by atoms with Gasteiger partial charge in [-0.25, -0.2) is 0 Å². The second-order valence-corrected chi connectivity index (χ2v) is 6.92. The highest BCUT2D eigenvalue weighted by Gasteiger charge is 2.15. The number of nitriles is 1. The van der Waals surface area contributed by atoms with E-state index in [1.165, 1.54) is 0 Å². The van der Waals surface area contributed by atoms with Crippen molar-refractivity contribution < 1.29 is 0 Å². The summed E-state index contributed by atoms with van der Waals surface area (Å²) in [6.45, 7) is 6.63. The molecule has 0 amide bonds. The highest BCUT2D eigenvalue weighted by Crippen LogP contribution is 2.31. The van der Waals surface area contributed by atoms with Gasteiger partial charge in [-0.2, -0.15) is 10.4 Å². The van der Waals surface area contributed by atoms with Crippen molar-refractivity contribution in [2.45, 2.75) is 27.3 Å². The summed E-state index contributed by atoms with van der Waals surface area (Å²) in [5, 5.41) is 14.9. The lowest BCUT2D eigenvalue weighted by Crippen LogP contribution is -2.04. The molecule has 3 nitrogen and oxygen atoms in total. The zero-order valence-corrected chi connectivity index (χ0v) is 15.8. The molecule has 1 heterocycles. The predicted octanol–water partition coefficient (Wildman–Crippen LogP) is 5.70. The summed E-state index contributed by atoms with van der Waals surface area (Å²) in [6.07, 6.45) is 0. The van der Waals surface area contributed by atoms with Crippen LogP contribution in [0, 0.1) is 32.1 Å². The molecule has 0 atom stereocenters. The zero-order chi connectivity index (χ0) is 18.1. The number of aryl methyl sites for hydroxylation is 2. The van der Waals surface area contributed by atoms with Crippen molar-refractivity contribution >= 4 is 23.2 Å². The van der Waals surface area contributed by atoms with Crippen LogP contribution in [-0.4, -0.2) is 9.78 Å². The van der Waals surface area contributed by atoms with E-state index in [1.807, 2.05) is 55.8 Å². The topological polar surface area (TPSA) is 41.6 Å². The number of halogens is 2. The number of hydrogen-bond acceptors (Lipinski definition) is 2. The van der Waals surface area contributed by atoms with Crippen LogP contribution in [-0.2, 0) is 6.54 Å². The Kier molecular flexibility index (Phi) is 4.85. The van der Waals surface area contributed by atoms with Gasteiger partial charge in [-0.3, -0.25) is 4.68 Å². The van der Waals surface area contributed by atoms with Crippen LogP contribution in [0.5, 0.6) is 0 Å². The molecule has 0 bridgehead atoms. The fraction of sp³-hybridized carbons (Fsp3) is 0.200. The first-order chi connectivity index (χ1) is 11.9. The highest BCUT2D eigenvalue weighted by molar-refractivity contribution is 6.32. The smallest absolute Gasteiger partial charge is 0.101 e. The minimum Gasteiger partial charge on any atom is -0.264 e. The molecule has 0 aliphatic carbocycles. The molecule has 0 N–H and O–H groups in total. The van der Waals surface area contributed by atoms with E-state index in [0.717, 1.165) is 38.7 Å². The van der Waals surface area contributed by atoms with Crippen LogP contribution in [0.2, 0.25) is 10.0 Å². The maximum Gasteiger partial charge on any atom is 0.101 e. The van der Waals surface area contributed by atoms with Crippen LogP contribution in [0.3, 0.4) is 0 Å². The zero-order valence-electron chi connectivity index (χ0n) is 14.3. The molecule has 25 heavy (non-hydrogen) atoms. The van der Waals surface area contributed by atoms with Gasteiger partial charge in [0.25, 0.3) is 0 Å². The second-order valence-electron chi connectivity index (χ2n) is 6.10. The molecule has 0 radical (unpaired) electrons. The van der Waals surface area contributed by atoms with Gasteiger partial charge in [-0.1, -0.05) is 41.4 Å². The van der Waals surface area contributed by atoms with Gasteiger partial charge in [0.1, 0.15) is 6.07 Å². The molecular formula is C20H17Cl2N3. The summed E-state index contributed by atoms with van der Waals surface area (Å²) < 4.78 is 1.95. The summed E-state index contributed by atoms with van der Waals surface area (Å²) in [4.78, 5) is 0. The average Bonchev–Trinajstić information content (AvgIpc) is 2.84. The van der Waals surface area contributed by atoms with Gasteiger partial charge in [-0.05, 0) is 55.7 Å². The fourth-order valence-electron chi connectivity index (χ4n) is 2.97. The Hall–Kier alpha value is -2.28. The maximum absolute atomic E-state index is 9.04. The van der Waals surface area contributed by atoms with E-state index in [2.05, 4.69) is 11.2 Å². The lowest BCUT2D eigenvalue weighted by molar-refractivity contribution is 0.659. The van der Waals surface area contributed by atoms with Crippen molar-refractivity contribution in [2.24, 2.45) is 0 Å². The molecule has 2 aromatic carbocycles. The first kappa shape index (κ1) is 17.5. The third-order valence-corrected chi connectivity index (χ3v) is 4.95. The number of benzene rings is 2. The highest BCUT2D eigenvalue weighted by atomic mass is 35.5. The quantitative estimate of drug-likeness (QED) is 0.593. The van der Waals surface area contributed by atoms with E-state index in [-0.39, 0.29) is 0 Å². The summed E-state index contributed by atoms with van der Waals surface area (Å²) in [5.74, 6) is 0. The van der Waals surface area contributed by atoms with Crippen molar-refractivity contribution in [1.29, 1.82) is 5.26 Å². The second kappa shape index (κ2) is 6.92. The number of nitrogens with zero attached hydrogens (tertiary/aromatic N) is 3. The van der Waals surface area contributed by atoms with Crippen molar-refractivity contribution in [2.75, 3.05) is 0 Å². The standard InChI is InChI=1S/C20H17Cl2N3/c1-12-4-5-17(18(21)8-12)11-25-14(3)20(13(2)24-25)15-6-7-16(10-23)19(22)9-15/h4-9H,11H2,1-3H3. The van der Waals surface area contributed by atoms with E-state index in [1.54, 1.807) is 6.07 Å². The third kappa shape index (κ3) is 3.42. The van der Waals surface area contributed by atoms with Gasteiger partial charge in [0.2, 0.25) is 0 Å². The minimum absolute atomic E-state index is 0.452. The van der Waals surface area contributed by atoms with Crippen LogP contribution in [0.4, 0.5) is 0 Å². The molecule has 0 fully saturated rings. The van der Waals surface area contributed by atoms with E-state index in [9.17, 15) is 0 Å². The van der Waals surface area contributed by atoms with Gasteiger partial charge in [0, 0.05) is 16.3 Å². The minimum atomic E-state index is 0.452. The first-order valence-corrected chi connectivity index (χ1v) is 8.65. The number of hydrogen-bond donors (Lipinski definition) is 0. The molecule has 5 heteroatoms. The number of aromatic nitrogens is 2. The number of rotatable bonds is 3. The van der Waals surface area contributed by atoms with Gasteiger partial charge in [0.15, 0.2) is 0 Å². The SMILES string of the molecule is Cc1ccc(Cn2nc(C)c(-c3ccc(C#N)c(Cl)c3)c2C)c(Cl)c1. The molecule has 0 aliphatic heterocycles. The third-order valence-electron chi connectivity index (χ3n) is 4.29. The van der Waals surface area contributed by atoms with Crippen LogP contribution < -0.4 is 0 Å². The first-order valence-electron chi connectivity index (χ1n) is 7.89. The maximum atomic E-state index is 9.04. The summed E-state index contributed by atoms with van der Waals surface area (Å²) in [7, 11) is 0. The molecule has 0 saturated heterocycles. The van der Waals surface area contributed by atoms with Gasteiger partial charge >= 0.3 is 0 Å². The average molecular weight is 370 g/mol. The molecule has 0 aliphatic rings. The molecule has 3 rings (SSSR count). The molecule has 126 valence electrons. The van der Waals surface area contributed by atoms with Crippen LogP contribution in [0.15, 0.2) is 36.4 Å². The molecule has 1 aromatic heterocycles. The van der Waals surface area contributed by atoms with Gasteiger partial charge in [-0.15, -0.1) is 0 Å². The molecule has 0 unspecified atom stereocenters. The lowest BCUT2D eigenvalue weighted by atomic mass is 10.0. The van der Waals surface area contributed by atoms with Crippen molar-refractivity contribution in [3.8, 4) is 17.2 Å². The van der Waals surface area contributed by atoms with E-state index in [0.29, 0.717) is 17.1 Å². The monoisotopic (exact) mass is 369 g/mol. The van der Waals surface area contributed by atoms with E-state index >= 15 is 0 Å². The molecular weight excluding hydrogens is 353 g/mol. The van der Waals surface area contributed by atoms with Crippen molar-refractivity contribution in [3.05, 3.63) is 74.5 Å². The Labute approximate surface area is 157 Å². The Morgan fingerprint density at radius 2 is 1.80 bits per heavy atom. The Morgan fingerprint density at radius 3 is 2.44 bits per heavy atom. The largest absolute Gasteiger partial charge is 0.264 e. The molecule has 0 saturated carbocycles. The fourth-order valence-corrected chi connectivity index (χ4v) is 3.49. The summed E-state index contributed by atoms with van der Waals surface area (Å²) in [6, 6.07) is 13.6. The van der Waals surface area contributed by atoms with Crippen molar-refractivity contribution in [1.82, 2.24) is 9.78 Å². The normalized spacial score (nSPS) is 10.7. The predicted molar refractivity (Wildman–Crippen MR) is 102 cm³/mol. The Morgan fingerprint density at radius 1 is 1.04 bits per heavy atom. The molecule has 3 aromatic rings. The Bertz CT molecular complexity index is 997. The van der Waals surface area contributed by atoms with Gasteiger partial charge in [0.05, 0.1) is 22.8 Å². The van der Waals surface area contributed by atoms with E-state index in [4.69, 9.17) is 28.5 Å². The van der Waals surface area contributed by atoms with E-state index < -0.39 is 0 Å².